The number of benzene rings is 2. The van der Waals surface area contributed by atoms with Crippen LogP contribution in [0.15, 0.2) is 59.5 Å². The highest BCUT2D eigenvalue weighted by atomic mass is 35.5. The summed E-state index contributed by atoms with van der Waals surface area (Å²) in [5.41, 5.74) is 7.76. The normalized spacial score (nSPS) is 17.8. The number of carbonyl (C=O) groups excluding carboxylic acids is 2. The predicted molar refractivity (Wildman–Crippen MR) is 161 cm³/mol. The van der Waals surface area contributed by atoms with Gasteiger partial charge in [0.05, 0.1) is 22.9 Å². The van der Waals surface area contributed by atoms with Crippen molar-refractivity contribution in [1.29, 1.82) is 0 Å². The molecular formula is C30H30ClN7O4. The van der Waals surface area contributed by atoms with E-state index in [1.54, 1.807) is 12.3 Å². The Labute approximate surface area is 246 Å². The third-order valence-electron chi connectivity index (χ3n) is 7.51. The number of amides is 2. The molecule has 0 aliphatic carbocycles. The third-order valence-corrected chi connectivity index (χ3v) is 7.84. The second-order valence-corrected chi connectivity index (χ2v) is 11.0. The van der Waals surface area contributed by atoms with Gasteiger partial charge in [0.15, 0.2) is 0 Å². The van der Waals surface area contributed by atoms with Crippen LogP contribution in [-0.4, -0.2) is 58.6 Å². The molecule has 12 heteroatoms. The van der Waals surface area contributed by atoms with Crippen molar-refractivity contribution < 1.29 is 14.3 Å². The van der Waals surface area contributed by atoms with E-state index in [-0.39, 0.29) is 34.4 Å². The Bertz CT molecular complexity index is 1710. The Morgan fingerprint density at radius 2 is 1.90 bits per heavy atom. The quantitative estimate of drug-likeness (QED) is 0.180. The number of hydrogen-bond donors (Lipinski definition) is 4. The summed E-state index contributed by atoms with van der Waals surface area (Å²) >= 11 is 6.31. The largest absolute Gasteiger partial charge is 0.399 e. The van der Waals surface area contributed by atoms with E-state index in [1.807, 2.05) is 24.3 Å². The molecule has 2 fully saturated rings. The van der Waals surface area contributed by atoms with E-state index in [9.17, 15) is 14.4 Å². The number of carbonyl (C=O) groups is 2. The summed E-state index contributed by atoms with van der Waals surface area (Å²) < 4.78 is 5.88. The first-order chi connectivity index (χ1) is 20.3. The molecular weight excluding hydrogens is 558 g/mol. The fraction of sp³-hybridized carbons (Fsp3) is 0.300. The van der Waals surface area contributed by atoms with Crippen LogP contribution in [0.2, 0.25) is 5.02 Å². The molecule has 0 radical (unpaired) electrons. The minimum atomic E-state index is -0.673. The van der Waals surface area contributed by atoms with Crippen LogP contribution < -0.4 is 26.8 Å². The van der Waals surface area contributed by atoms with E-state index >= 15 is 0 Å². The van der Waals surface area contributed by atoms with E-state index in [0.29, 0.717) is 47.9 Å². The standard InChI is InChI=1S/C30H30ClN7O4/c31-24-9-6-18(27(39)33-10-2-4-17-3-1-5-20(32)11-17)13-25(24)35-28(40)23-12-19-14-34-30(37-26(19)36-29(23)41)38-15-21-7-8-22(16-38)42-21/h1,3,5-6,9,11-14,21-22H,2,4,7-8,10,15-16,32H2,(H,33,39)(H,35,40)(H,34,36,37,41)/t21-,22+. The van der Waals surface area contributed by atoms with Crippen molar-refractivity contribution >= 4 is 51.8 Å². The van der Waals surface area contributed by atoms with E-state index in [0.717, 1.165) is 31.2 Å². The average Bonchev–Trinajstić information content (AvgIpc) is 3.32. The van der Waals surface area contributed by atoms with Crippen molar-refractivity contribution in [2.75, 3.05) is 35.6 Å². The van der Waals surface area contributed by atoms with Crippen LogP contribution in [0.4, 0.5) is 17.3 Å². The monoisotopic (exact) mass is 587 g/mol. The first-order valence-corrected chi connectivity index (χ1v) is 14.2. The van der Waals surface area contributed by atoms with Crippen molar-refractivity contribution in [2.45, 2.75) is 37.9 Å². The summed E-state index contributed by atoms with van der Waals surface area (Å²) in [7, 11) is 0. The number of anilines is 3. The maximum absolute atomic E-state index is 13.1. The van der Waals surface area contributed by atoms with E-state index < -0.39 is 11.5 Å². The topological polar surface area (TPSA) is 155 Å². The van der Waals surface area contributed by atoms with Gasteiger partial charge in [0, 0.05) is 42.5 Å². The molecule has 6 rings (SSSR count). The lowest BCUT2D eigenvalue weighted by Crippen LogP contribution is -2.43. The molecule has 216 valence electrons. The number of aromatic nitrogens is 3. The number of rotatable bonds is 8. The Kier molecular flexibility index (Phi) is 7.77. The summed E-state index contributed by atoms with van der Waals surface area (Å²) in [5, 5.41) is 6.27. The highest BCUT2D eigenvalue weighted by Crippen LogP contribution is 2.29. The molecule has 11 nitrogen and oxygen atoms in total. The Morgan fingerprint density at radius 1 is 1.10 bits per heavy atom. The van der Waals surface area contributed by atoms with Crippen LogP contribution in [0.25, 0.3) is 11.0 Å². The number of fused-ring (bicyclic) bond motifs is 3. The average molecular weight is 588 g/mol. The molecule has 42 heavy (non-hydrogen) atoms. The van der Waals surface area contributed by atoms with Crippen LogP contribution in [0.5, 0.6) is 0 Å². The van der Waals surface area contributed by atoms with Crippen molar-refractivity contribution in [2.24, 2.45) is 0 Å². The zero-order valence-electron chi connectivity index (χ0n) is 22.7. The van der Waals surface area contributed by atoms with Crippen molar-refractivity contribution in [3.8, 4) is 0 Å². The summed E-state index contributed by atoms with van der Waals surface area (Å²) in [6.07, 6.45) is 5.48. The molecule has 2 aliphatic heterocycles. The number of H-pyrrole nitrogens is 1. The van der Waals surface area contributed by atoms with Crippen LogP contribution >= 0.6 is 11.6 Å². The van der Waals surface area contributed by atoms with Gasteiger partial charge in [-0.05, 0) is 67.6 Å². The molecule has 0 spiro atoms. The summed E-state index contributed by atoms with van der Waals surface area (Å²) in [4.78, 5) is 52.5. The molecule has 2 aromatic heterocycles. The Balaban J connectivity index is 1.11. The van der Waals surface area contributed by atoms with Crippen LogP contribution in [0.1, 0.15) is 45.5 Å². The van der Waals surface area contributed by atoms with Gasteiger partial charge in [-0.25, -0.2) is 4.98 Å². The Hall–Kier alpha value is -4.48. The fourth-order valence-corrected chi connectivity index (χ4v) is 5.54. The van der Waals surface area contributed by atoms with Gasteiger partial charge in [-0.2, -0.15) is 4.98 Å². The van der Waals surface area contributed by atoms with E-state index in [1.165, 1.54) is 18.2 Å². The number of hydrogen-bond acceptors (Lipinski definition) is 8. The SMILES string of the molecule is Nc1cccc(CCCNC(=O)c2ccc(Cl)c(NC(=O)c3cc4cnc(N5C[C@H]6CC[C@@H](C5)O6)nc4[nH]c3=O)c2)c1. The molecule has 2 aliphatic rings. The number of aromatic amines is 1. The summed E-state index contributed by atoms with van der Waals surface area (Å²) in [5.74, 6) is -0.463. The van der Waals surface area contributed by atoms with E-state index in [4.69, 9.17) is 22.1 Å². The number of pyridine rings is 1. The lowest BCUT2D eigenvalue weighted by molar-refractivity contribution is 0.0299. The van der Waals surface area contributed by atoms with Gasteiger partial charge >= 0.3 is 0 Å². The highest BCUT2D eigenvalue weighted by Gasteiger charge is 2.34. The molecule has 4 aromatic rings. The number of nitrogen functional groups attached to an aromatic ring is 1. The summed E-state index contributed by atoms with van der Waals surface area (Å²) in [6.45, 7) is 1.86. The number of halogens is 1. The molecule has 5 N–H and O–H groups in total. The molecule has 0 saturated carbocycles. The number of nitrogens with two attached hydrogens (primary N) is 1. The maximum atomic E-state index is 13.1. The third kappa shape index (κ3) is 6.07. The fourth-order valence-electron chi connectivity index (χ4n) is 5.38. The minimum Gasteiger partial charge on any atom is -0.399 e. The van der Waals surface area contributed by atoms with E-state index in [2.05, 4.69) is 30.5 Å². The second-order valence-electron chi connectivity index (χ2n) is 10.6. The van der Waals surface area contributed by atoms with Crippen molar-refractivity contribution in [3.05, 3.63) is 86.8 Å². The molecule has 0 unspecified atom stereocenters. The minimum absolute atomic E-state index is 0.129. The van der Waals surface area contributed by atoms with Gasteiger partial charge in [0.2, 0.25) is 5.95 Å². The molecule has 4 heterocycles. The molecule has 2 amide bonds. The van der Waals surface area contributed by atoms with Crippen molar-refractivity contribution in [3.63, 3.8) is 0 Å². The number of nitrogens with zero attached hydrogens (tertiary/aromatic N) is 3. The number of ether oxygens (including phenoxy) is 1. The van der Waals surface area contributed by atoms with Gasteiger partial charge in [0.25, 0.3) is 17.4 Å². The molecule has 2 bridgehead atoms. The lowest BCUT2D eigenvalue weighted by Gasteiger charge is -2.32. The zero-order valence-corrected chi connectivity index (χ0v) is 23.5. The summed E-state index contributed by atoms with van der Waals surface area (Å²) in [6, 6.07) is 13.7. The lowest BCUT2D eigenvalue weighted by atomic mass is 10.1. The molecule has 2 saturated heterocycles. The number of nitrogens with one attached hydrogen (secondary N) is 3. The molecule has 2 atom stereocenters. The number of morpholine rings is 1. The van der Waals surface area contributed by atoms with Gasteiger partial charge in [-0.3, -0.25) is 14.4 Å². The highest BCUT2D eigenvalue weighted by molar-refractivity contribution is 6.34. The Morgan fingerprint density at radius 3 is 2.69 bits per heavy atom. The number of aryl methyl sites for hydroxylation is 1. The second kappa shape index (κ2) is 11.8. The smallest absolute Gasteiger partial charge is 0.262 e. The predicted octanol–water partition coefficient (Wildman–Crippen LogP) is 3.54. The van der Waals surface area contributed by atoms with Gasteiger partial charge in [0.1, 0.15) is 11.2 Å². The van der Waals surface area contributed by atoms with Gasteiger partial charge in [-0.15, -0.1) is 0 Å². The first-order valence-electron chi connectivity index (χ1n) is 13.9. The van der Waals surface area contributed by atoms with Crippen LogP contribution in [-0.2, 0) is 11.2 Å². The maximum Gasteiger partial charge on any atom is 0.262 e. The zero-order chi connectivity index (χ0) is 29.2. The molecule has 2 aromatic carbocycles. The van der Waals surface area contributed by atoms with Gasteiger partial charge < -0.3 is 31.0 Å². The van der Waals surface area contributed by atoms with Crippen LogP contribution in [0, 0.1) is 0 Å². The van der Waals surface area contributed by atoms with Gasteiger partial charge in [-0.1, -0.05) is 23.7 Å². The first kappa shape index (κ1) is 27.7. The van der Waals surface area contributed by atoms with Crippen molar-refractivity contribution in [1.82, 2.24) is 20.3 Å². The van der Waals surface area contributed by atoms with Crippen LogP contribution in [0.3, 0.4) is 0 Å².